The minimum atomic E-state index is 0.431. The summed E-state index contributed by atoms with van der Waals surface area (Å²) in [6, 6.07) is 20.6. The van der Waals surface area contributed by atoms with Gasteiger partial charge in [0.05, 0.1) is 0 Å². The van der Waals surface area contributed by atoms with Gasteiger partial charge in [0.15, 0.2) is 0 Å². The molecule has 0 atom stereocenters. The topological polar surface area (TPSA) is 12.4 Å². The van der Waals surface area contributed by atoms with Crippen molar-refractivity contribution in [1.82, 2.24) is 0 Å². The predicted octanol–water partition coefficient (Wildman–Crippen LogP) is 5.87. The molecule has 0 amide bonds. The van der Waals surface area contributed by atoms with Crippen LogP contribution in [-0.4, -0.2) is 22.4 Å². The van der Waals surface area contributed by atoms with Crippen LogP contribution >= 0.6 is 23.5 Å². The highest BCUT2D eigenvalue weighted by Gasteiger charge is 1.98. The maximum atomic E-state index is 5.33. The van der Waals surface area contributed by atoms with Crippen LogP contribution in [-0.2, 0) is 0 Å². The summed E-state index contributed by atoms with van der Waals surface area (Å²) in [6.07, 6.45) is 13.9. The van der Waals surface area contributed by atoms with E-state index < -0.39 is 0 Å². The minimum Gasteiger partial charge on any atom is -0.259 e. The molecule has 0 saturated carbocycles. The van der Waals surface area contributed by atoms with E-state index in [2.05, 4.69) is 59.5 Å². The smallest absolute Gasteiger partial charge is 0.126 e. The van der Waals surface area contributed by atoms with Crippen molar-refractivity contribution in [2.45, 2.75) is 0 Å². The van der Waals surface area contributed by atoms with E-state index in [1.807, 2.05) is 36.4 Å². The Balaban J connectivity index is 1.79. The van der Waals surface area contributed by atoms with Crippen LogP contribution in [0.5, 0.6) is 0 Å². The van der Waals surface area contributed by atoms with Crippen LogP contribution in [0, 0.1) is 12.3 Å². The molecule has 0 aromatic heterocycles. The van der Waals surface area contributed by atoms with Crippen LogP contribution in [0.15, 0.2) is 77.8 Å². The first-order valence-electron chi connectivity index (χ1n) is 8.05. The Hall–Kier alpha value is -2.15. The van der Waals surface area contributed by atoms with Crippen LogP contribution in [0.1, 0.15) is 11.1 Å². The zero-order valence-electron chi connectivity index (χ0n) is 14.0. The molecule has 3 heteroatoms. The van der Waals surface area contributed by atoms with E-state index in [0.717, 1.165) is 15.9 Å². The van der Waals surface area contributed by atoms with E-state index in [4.69, 9.17) is 6.42 Å². The molecule has 0 radical (unpaired) electrons. The quantitative estimate of drug-likeness (QED) is 0.346. The summed E-state index contributed by atoms with van der Waals surface area (Å²) in [7, 11) is 0. The lowest BCUT2D eigenvalue weighted by molar-refractivity contribution is 1.31. The lowest BCUT2D eigenvalue weighted by Gasteiger charge is -2.02. The predicted molar refractivity (Wildman–Crippen MR) is 117 cm³/mol. The Morgan fingerprint density at radius 3 is 1.76 bits per heavy atom. The molecule has 0 heterocycles. The van der Waals surface area contributed by atoms with E-state index in [-0.39, 0.29) is 0 Å². The summed E-state index contributed by atoms with van der Waals surface area (Å²) in [6.45, 7) is 0.431. The van der Waals surface area contributed by atoms with Gasteiger partial charge in [-0.3, -0.25) is 4.99 Å². The highest BCUT2D eigenvalue weighted by molar-refractivity contribution is 8.39. The highest BCUT2D eigenvalue weighted by Crippen LogP contribution is 2.18. The third-order valence-electron chi connectivity index (χ3n) is 3.13. The fourth-order valence-corrected chi connectivity index (χ4v) is 3.70. The van der Waals surface area contributed by atoms with Gasteiger partial charge in [-0.15, -0.1) is 6.42 Å². The van der Waals surface area contributed by atoms with Crippen molar-refractivity contribution in [3.05, 3.63) is 83.9 Å². The van der Waals surface area contributed by atoms with Crippen LogP contribution < -0.4 is 0 Å². The number of hydrogen-bond donors (Lipinski definition) is 0. The number of aliphatic imine (C=N–C) groups is 1. The van der Waals surface area contributed by atoms with Crippen molar-refractivity contribution in [2.75, 3.05) is 18.1 Å². The molecule has 0 spiro atoms. The van der Waals surface area contributed by atoms with E-state index in [9.17, 15) is 0 Å². The van der Waals surface area contributed by atoms with E-state index in [1.54, 1.807) is 23.5 Å². The zero-order valence-corrected chi connectivity index (χ0v) is 15.7. The third-order valence-corrected chi connectivity index (χ3v) is 5.30. The number of thioether (sulfide) groups is 2. The summed E-state index contributed by atoms with van der Waals surface area (Å²) in [5, 5.41) is 0. The van der Waals surface area contributed by atoms with E-state index in [0.29, 0.717) is 6.54 Å². The van der Waals surface area contributed by atoms with Gasteiger partial charge in [-0.1, -0.05) is 114 Å². The molecule has 0 aliphatic heterocycles. The Kier molecular flexibility index (Phi) is 9.39. The van der Waals surface area contributed by atoms with Gasteiger partial charge in [0.2, 0.25) is 0 Å². The average Bonchev–Trinajstić information content (AvgIpc) is 2.67. The molecule has 1 nitrogen and oxygen atoms in total. The van der Waals surface area contributed by atoms with Crippen molar-refractivity contribution in [1.29, 1.82) is 0 Å². The van der Waals surface area contributed by atoms with E-state index in [1.165, 1.54) is 11.1 Å². The molecule has 0 aliphatic rings. The number of hydrogen-bond acceptors (Lipinski definition) is 3. The highest BCUT2D eigenvalue weighted by atomic mass is 32.2. The summed E-state index contributed by atoms with van der Waals surface area (Å²) < 4.78 is 1.04. The standard InChI is InChI=1S/C22H21NS2/c1-2-17-23-22(24-18-9-15-20-11-5-3-6-12-20)25-19-10-16-21-13-7-4-8-14-21/h1,3-16H,17-19H2/b15-9+,16-10+. The second-order valence-corrected chi connectivity index (χ2v) is 7.31. The molecule has 2 aromatic carbocycles. The summed E-state index contributed by atoms with van der Waals surface area (Å²) in [4.78, 5) is 4.47. The summed E-state index contributed by atoms with van der Waals surface area (Å²) >= 11 is 3.45. The molecule has 0 unspecified atom stereocenters. The normalized spacial score (nSPS) is 10.8. The third kappa shape index (κ3) is 8.49. The van der Waals surface area contributed by atoms with Crippen LogP contribution in [0.25, 0.3) is 12.2 Å². The zero-order chi connectivity index (χ0) is 17.6. The molecule has 0 N–H and O–H groups in total. The van der Waals surface area contributed by atoms with Crippen LogP contribution in [0.4, 0.5) is 0 Å². The van der Waals surface area contributed by atoms with E-state index >= 15 is 0 Å². The van der Waals surface area contributed by atoms with Crippen LogP contribution in [0.3, 0.4) is 0 Å². The van der Waals surface area contributed by atoms with Gasteiger partial charge < -0.3 is 0 Å². The van der Waals surface area contributed by atoms with Gasteiger partial charge in [-0.2, -0.15) is 0 Å². The number of terminal acetylenes is 1. The monoisotopic (exact) mass is 363 g/mol. The van der Waals surface area contributed by atoms with Crippen molar-refractivity contribution in [3.63, 3.8) is 0 Å². The fourth-order valence-electron chi connectivity index (χ4n) is 1.98. The first kappa shape index (κ1) is 19.2. The van der Waals surface area contributed by atoms with Crippen molar-refractivity contribution >= 4 is 40.1 Å². The average molecular weight is 364 g/mol. The SMILES string of the molecule is C#CCN=C(SC/C=C/c1ccccc1)SC/C=C/c1ccccc1. The van der Waals surface area contributed by atoms with Crippen LogP contribution in [0.2, 0.25) is 0 Å². The maximum absolute atomic E-state index is 5.33. The Bertz CT molecular complexity index is 685. The second-order valence-electron chi connectivity index (χ2n) is 5.03. The lowest BCUT2D eigenvalue weighted by atomic mass is 10.2. The van der Waals surface area contributed by atoms with Gasteiger partial charge in [0.25, 0.3) is 0 Å². The molecule has 126 valence electrons. The van der Waals surface area contributed by atoms with Crippen molar-refractivity contribution in [2.24, 2.45) is 4.99 Å². The van der Waals surface area contributed by atoms with Crippen molar-refractivity contribution in [3.8, 4) is 12.3 Å². The Labute approximate surface area is 159 Å². The fraction of sp³-hybridized carbons (Fsp3) is 0.136. The molecular formula is C22H21NS2. The second kappa shape index (κ2) is 12.2. The number of benzene rings is 2. The first-order chi connectivity index (χ1) is 12.4. The molecule has 0 bridgehead atoms. The molecule has 2 rings (SSSR count). The molecule has 0 aliphatic carbocycles. The first-order valence-corrected chi connectivity index (χ1v) is 10.0. The van der Waals surface area contributed by atoms with Gasteiger partial charge in [0.1, 0.15) is 10.9 Å². The van der Waals surface area contributed by atoms with Gasteiger partial charge >= 0.3 is 0 Å². The summed E-state index contributed by atoms with van der Waals surface area (Å²) in [5.41, 5.74) is 2.42. The molecular weight excluding hydrogens is 342 g/mol. The van der Waals surface area contributed by atoms with Gasteiger partial charge in [-0.05, 0) is 11.1 Å². The minimum absolute atomic E-state index is 0.431. The number of nitrogens with zero attached hydrogens (tertiary/aromatic N) is 1. The Morgan fingerprint density at radius 1 is 0.840 bits per heavy atom. The number of rotatable bonds is 7. The molecule has 0 fully saturated rings. The molecule has 0 saturated heterocycles. The van der Waals surface area contributed by atoms with Crippen molar-refractivity contribution < 1.29 is 0 Å². The molecule has 2 aromatic rings. The molecule has 25 heavy (non-hydrogen) atoms. The Morgan fingerprint density at radius 2 is 1.32 bits per heavy atom. The summed E-state index contributed by atoms with van der Waals surface area (Å²) in [5.74, 6) is 4.35. The largest absolute Gasteiger partial charge is 0.259 e. The maximum Gasteiger partial charge on any atom is 0.126 e. The van der Waals surface area contributed by atoms with Gasteiger partial charge in [-0.25, -0.2) is 0 Å². The lowest BCUT2D eigenvalue weighted by Crippen LogP contribution is -1.90. The van der Waals surface area contributed by atoms with Gasteiger partial charge in [0, 0.05) is 11.5 Å².